The first kappa shape index (κ1) is 14.2. The fourth-order valence-electron chi connectivity index (χ4n) is 1.90. The van der Waals surface area contributed by atoms with Crippen LogP contribution in [-0.2, 0) is 11.2 Å². The predicted molar refractivity (Wildman–Crippen MR) is 69.9 cm³/mol. The molecule has 0 fully saturated rings. The highest BCUT2D eigenvalue weighted by atomic mass is 16.5. The van der Waals surface area contributed by atoms with Crippen molar-refractivity contribution in [1.82, 2.24) is 0 Å². The maximum absolute atomic E-state index is 10.0. The first-order valence-corrected chi connectivity index (χ1v) is 6.18. The van der Waals surface area contributed by atoms with Crippen molar-refractivity contribution >= 4 is 0 Å². The predicted octanol–water partition coefficient (Wildman–Crippen LogP) is 2.04. The molecule has 1 aromatic carbocycles. The van der Waals surface area contributed by atoms with Crippen molar-refractivity contribution < 1.29 is 9.84 Å². The number of aryl methyl sites for hydroxylation is 1. The van der Waals surface area contributed by atoms with E-state index in [1.54, 1.807) is 7.11 Å². The average Bonchev–Trinajstić information content (AvgIpc) is 2.30. The zero-order valence-electron chi connectivity index (χ0n) is 10.7. The molecular formula is C14H23NO2. The van der Waals surface area contributed by atoms with E-state index in [0.29, 0.717) is 13.0 Å². The molecule has 3 heteroatoms. The van der Waals surface area contributed by atoms with E-state index in [1.165, 1.54) is 5.56 Å². The number of aliphatic hydroxyl groups is 1. The van der Waals surface area contributed by atoms with Crippen molar-refractivity contribution in [2.75, 3.05) is 13.7 Å². The minimum Gasteiger partial charge on any atom is -0.388 e. The van der Waals surface area contributed by atoms with Crippen LogP contribution < -0.4 is 5.73 Å². The van der Waals surface area contributed by atoms with E-state index in [1.807, 2.05) is 12.1 Å². The molecule has 17 heavy (non-hydrogen) atoms. The van der Waals surface area contributed by atoms with Crippen LogP contribution in [0.4, 0.5) is 0 Å². The van der Waals surface area contributed by atoms with Gasteiger partial charge in [0.1, 0.15) is 0 Å². The molecule has 3 nitrogen and oxygen atoms in total. The summed E-state index contributed by atoms with van der Waals surface area (Å²) in [5.74, 6) is 0. The van der Waals surface area contributed by atoms with Crippen LogP contribution >= 0.6 is 0 Å². The van der Waals surface area contributed by atoms with Crippen LogP contribution in [0.5, 0.6) is 0 Å². The average molecular weight is 237 g/mol. The lowest BCUT2D eigenvalue weighted by Gasteiger charge is -2.16. The zero-order chi connectivity index (χ0) is 12.7. The number of methoxy groups -OCH3 is 1. The van der Waals surface area contributed by atoms with Crippen LogP contribution in [0.3, 0.4) is 0 Å². The Hall–Kier alpha value is -0.900. The van der Waals surface area contributed by atoms with Crippen LogP contribution in [0.1, 0.15) is 37.0 Å². The third-order valence-electron chi connectivity index (χ3n) is 2.81. The Balaban J connectivity index is 2.53. The summed E-state index contributed by atoms with van der Waals surface area (Å²) in [5.41, 5.74) is 8.05. The number of ether oxygens (including phenoxy) is 1. The molecule has 0 amide bonds. The van der Waals surface area contributed by atoms with Gasteiger partial charge in [0, 0.05) is 13.2 Å². The Labute approximate surface area is 104 Å². The summed E-state index contributed by atoms with van der Waals surface area (Å²) in [6.07, 6.45) is 2.25. The van der Waals surface area contributed by atoms with Crippen molar-refractivity contribution in [3.63, 3.8) is 0 Å². The maximum atomic E-state index is 10.0. The lowest BCUT2D eigenvalue weighted by Crippen LogP contribution is -2.27. The van der Waals surface area contributed by atoms with Crippen molar-refractivity contribution in [1.29, 1.82) is 0 Å². The second-order valence-corrected chi connectivity index (χ2v) is 4.46. The highest BCUT2D eigenvalue weighted by Crippen LogP contribution is 2.18. The number of aliphatic hydroxyl groups excluding tert-OH is 1. The van der Waals surface area contributed by atoms with Crippen LogP contribution in [-0.4, -0.2) is 24.9 Å². The standard InChI is InChI=1S/C14H23NO2/c1-3-4-11-5-7-12(8-6-11)14(16)9-13(15)10-17-2/h5-8,13-14,16H,3-4,9-10,15H2,1-2H3. The van der Waals surface area contributed by atoms with E-state index < -0.39 is 6.10 Å². The van der Waals surface area contributed by atoms with Gasteiger partial charge in [-0.1, -0.05) is 37.6 Å². The smallest absolute Gasteiger partial charge is 0.0805 e. The molecule has 96 valence electrons. The van der Waals surface area contributed by atoms with Gasteiger partial charge in [-0.05, 0) is 24.0 Å². The Bertz CT molecular complexity index is 311. The summed E-state index contributed by atoms with van der Waals surface area (Å²) in [6, 6.07) is 7.99. The summed E-state index contributed by atoms with van der Waals surface area (Å²) in [4.78, 5) is 0. The van der Waals surface area contributed by atoms with Gasteiger partial charge in [-0.15, -0.1) is 0 Å². The van der Waals surface area contributed by atoms with Crippen molar-refractivity contribution in [3.8, 4) is 0 Å². The van der Waals surface area contributed by atoms with E-state index in [9.17, 15) is 5.11 Å². The molecule has 1 aromatic rings. The van der Waals surface area contributed by atoms with Crippen molar-refractivity contribution in [2.24, 2.45) is 5.73 Å². The molecule has 0 saturated heterocycles. The number of hydrogen-bond donors (Lipinski definition) is 2. The first-order valence-electron chi connectivity index (χ1n) is 6.18. The summed E-state index contributed by atoms with van der Waals surface area (Å²) in [7, 11) is 1.62. The third kappa shape index (κ3) is 4.86. The zero-order valence-corrected chi connectivity index (χ0v) is 10.7. The van der Waals surface area contributed by atoms with Crippen molar-refractivity contribution in [3.05, 3.63) is 35.4 Å². The number of hydrogen-bond acceptors (Lipinski definition) is 3. The number of nitrogens with two attached hydrogens (primary N) is 1. The highest BCUT2D eigenvalue weighted by Gasteiger charge is 2.12. The van der Waals surface area contributed by atoms with Gasteiger partial charge >= 0.3 is 0 Å². The summed E-state index contributed by atoms with van der Waals surface area (Å²) in [6.45, 7) is 2.64. The van der Waals surface area contributed by atoms with Gasteiger partial charge in [0.05, 0.1) is 12.7 Å². The molecule has 3 N–H and O–H groups in total. The summed E-state index contributed by atoms with van der Waals surface area (Å²) in [5, 5.41) is 10.0. The first-order chi connectivity index (χ1) is 8.17. The monoisotopic (exact) mass is 237 g/mol. The third-order valence-corrected chi connectivity index (χ3v) is 2.81. The van der Waals surface area contributed by atoms with Crippen molar-refractivity contribution in [2.45, 2.75) is 38.3 Å². The van der Waals surface area contributed by atoms with Crippen LogP contribution in [0, 0.1) is 0 Å². The maximum Gasteiger partial charge on any atom is 0.0805 e. The molecule has 0 aliphatic heterocycles. The van der Waals surface area contributed by atoms with E-state index in [-0.39, 0.29) is 6.04 Å². The Morgan fingerprint density at radius 3 is 2.47 bits per heavy atom. The van der Waals surface area contributed by atoms with Gasteiger partial charge in [0.15, 0.2) is 0 Å². The molecule has 0 radical (unpaired) electrons. The lowest BCUT2D eigenvalue weighted by molar-refractivity contribution is 0.122. The van der Waals surface area contributed by atoms with Gasteiger partial charge in [-0.2, -0.15) is 0 Å². The summed E-state index contributed by atoms with van der Waals surface area (Å²) >= 11 is 0. The molecule has 0 bridgehead atoms. The SMILES string of the molecule is CCCc1ccc(C(O)CC(N)COC)cc1. The second-order valence-electron chi connectivity index (χ2n) is 4.46. The highest BCUT2D eigenvalue weighted by molar-refractivity contribution is 5.24. The Kier molecular flexibility index (Phi) is 6.19. The Morgan fingerprint density at radius 1 is 1.29 bits per heavy atom. The second kappa shape index (κ2) is 7.43. The molecule has 0 heterocycles. The quantitative estimate of drug-likeness (QED) is 0.763. The fourth-order valence-corrected chi connectivity index (χ4v) is 1.90. The summed E-state index contributed by atoms with van der Waals surface area (Å²) < 4.78 is 4.96. The largest absolute Gasteiger partial charge is 0.388 e. The van der Waals surface area contributed by atoms with Gasteiger partial charge in [-0.3, -0.25) is 0 Å². The van der Waals surface area contributed by atoms with Gasteiger partial charge in [-0.25, -0.2) is 0 Å². The van der Waals surface area contributed by atoms with E-state index >= 15 is 0 Å². The molecule has 0 saturated carbocycles. The van der Waals surface area contributed by atoms with Gasteiger partial charge in [0.25, 0.3) is 0 Å². The topological polar surface area (TPSA) is 55.5 Å². The van der Waals surface area contributed by atoms with Crippen LogP contribution in [0.25, 0.3) is 0 Å². The molecule has 2 unspecified atom stereocenters. The molecule has 0 aromatic heterocycles. The molecule has 1 rings (SSSR count). The molecule has 0 aliphatic carbocycles. The van der Waals surface area contributed by atoms with Gasteiger partial charge < -0.3 is 15.6 Å². The Morgan fingerprint density at radius 2 is 1.94 bits per heavy atom. The molecular weight excluding hydrogens is 214 g/mol. The minimum absolute atomic E-state index is 0.120. The number of rotatable bonds is 7. The number of benzene rings is 1. The lowest BCUT2D eigenvalue weighted by atomic mass is 10.0. The fraction of sp³-hybridized carbons (Fsp3) is 0.571. The molecule has 0 aliphatic rings. The van der Waals surface area contributed by atoms with E-state index in [0.717, 1.165) is 18.4 Å². The van der Waals surface area contributed by atoms with Crippen LogP contribution in [0.2, 0.25) is 0 Å². The minimum atomic E-state index is -0.504. The normalized spacial score (nSPS) is 14.6. The molecule has 2 atom stereocenters. The van der Waals surface area contributed by atoms with Crippen LogP contribution in [0.15, 0.2) is 24.3 Å². The van der Waals surface area contributed by atoms with E-state index in [4.69, 9.17) is 10.5 Å². The van der Waals surface area contributed by atoms with Gasteiger partial charge in [0.2, 0.25) is 0 Å². The molecule has 0 spiro atoms. The van der Waals surface area contributed by atoms with E-state index in [2.05, 4.69) is 19.1 Å².